The molecule has 0 aliphatic carbocycles. The molecule has 122 valence electrons. The lowest BCUT2D eigenvalue weighted by Gasteiger charge is -2.05. The van der Waals surface area contributed by atoms with Gasteiger partial charge in [-0.15, -0.1) is 0 Å². The van der Waals surface area contributed by atoms with Crippen molar-refractivity contribution in [2.75, 3.05) is 31.7 Å². The summed E-state index contributed by atoms with van der Waals surface area (Å²) in [4.78, 5) is 22.0. The monoisotopic (exact) mass is 320 g/mol. The molecule has 0 saturated heterocycles. The number of carbonyl (C=O) groups excluding carboxylic acids is 1. The minimum Gasteiger partial charge on any atom is -0.394 e. The number of rotatable bonds is 9. The molecule has 0 aliphatic heterocycles. The van der Waals surface area contributed by atoms with Crippen LogP contribution in [0.3, 0.4) is 0 Å². The van der Waals surface area contributed by atoms with Gasteiger partial charge in [0.25, 0.3) is 11.6 Å². The number of nitrogens with zero attached hydrogens (tertiary/aromatic N) is 2. The number of amides is 1. The molecule has 0 fully saturated rings. The zero-order valence-corrected chi connectivity index (χ0v) is 12.2. The molecule has 0 aliphatic rings. The maximum Gasteiger partial charge on any atom is 0.271 e. The Balaban J connectivity index is 2.58. The number of nitro groups is 1. The predicted molar refractivity (Wildman–Crippen MR) is 81.3 cm³/mol. The molecule has 0 spiro atoms. The summed E-state index contributed by atoms with van der Waals surface area (Å²) in [5, 5.41) is 33.3. The first-order valence-electron chi connectivity index (χ1n) is 6.66. The average molecular weight is 320 g/mol. The lowest BCUT2D eigenvalue weighted by molar-refractivity contribution is -0.384. The zero-order valence-electron chi connectivity index (χ0n) is 12.2. The summed E-state index contributed by atoms with van der Waals surface area (Å²) in [7, 11) is 0. The van der Waals surface area contributed by atoms with Crippen LogP contribution in [-0.4, -0.2) is 42.3 Å². The molecule has 1 aromatic carbocycles. The molecular formula is C14H16N4O5. The van der Waals surface area contributed by atoms with E-state index in [1.54, 1.807) is 6.07 Å². The number of benzene rings is 1. The Morgan fingerprint density at radius 1 is 1.48 bits per heavy atom. The van der Waals surface area contributed by atoms with E-state index >= 15 is 0 Å². The fourth-order valence-corrected chi connectivity index (χ4v) is 1.52. The summed E-state index contributed by atoms with van der Waals surface area (Å²) in [5.41, 5.74) is -0.125. The number of hydrogen-bond acceptors (Lipinski definition) is 7. The number of ether oxygens (including phenoxy) is 1. The van der Waals surface area contributed by atoms with Crippen LogP contribution in [0.15, 0.2) is 36.0 Å². The lowest BCUT2D eigenvalue weighted by atomic mass is 10.2. The van der Waals surface area contributed by atoms with E-state index in [9.17, 15) is 14.9 Å². The van der Waals surface area contributed by atoms with Gasteiger partial charge in [0.2, 0.25) is 0 Å². The number of nitriles is 1. The highest BCUT2D eigenvalue weighted by atomic mass is 16.6. The number of non-ortho nitro benzene ring substituents is 1. The highest BCUT2D eigenvalue weighted by Gasteiger charge is 2.11. The molecule has 23 heavy (non-hydrogen) atoms. The normalized spacial score (nSPS) is 10.7. The van der Waals surface area contributed by atoms with Crippen molar-refractivity contribution in [2.45, 2.75) is 0 Å². The fourth-order valence-electron chi connectivity index (χ4n) is 1.52. The highest BCUT2D eigenvalue weighted by molar-refractivity contribution is 6.06. The second kappa shape index (κ2) is 9.88. The van der Waals surface area contributed by atoms with E-state index < -0.39 is 10.8 Å². The summed E-state index contributed by atoms with van der Waals surface area (Å²) in [6.07, 6.45) is 1.23. The van der Waals surface area contributed by atoms with Gasteiger partial charge in [0.15, 0.2) is 0 Å². The van der Waals surface area contributed by atoms with E-state index in [0.29, 0.717) is 13.2 Å². The molecule has 0 radical (unpaired) electrons. The van der Waals surface area contributed by atoms with E-state index in [-0.39, 0.29) is 30.2 Å². The zero-order chi connectivity index (χ0) is 17.1. The van der Waals surface area contributed by atoms with Crippen LogP contribution in [0, 0.1) is 21.4 Å². The number of carbonyl (C=O) groups is 1. The third-order valence-corrected chi connectivity index (χ3v) is 2.55. The molecule has 3 N–H and O–H groups in total. The first kappa shape index (κ1) is 18.1. The van der Waals surface area contributed by atoms with Crippen molar-refractivity contribution >= 4 is 17.3 Å². The maximum absolute atomic E-state index is 11.9. The molecule has 1 aromatic rings. The van der Waals surface area contributed by atoms with Gasteiger partial charge in [-0.25, -0.2) is 0 Å². The van der Waals surface area contributed by atoms with Gasteiger partial charge in [-0.05, 0) is 6.07 Å². The van der Waals surface area contributed by atoms with E-state index in [4.69, 9.17) is 15.1 Å². The van der Waals surface area contributed by atoms with Gasteiger partial charge in [-0.3, -0.25) is 14.9 Å². The quantitative estimate of drug-likeness (QED) is 0.198. The van der Waals surface area contributed by atoms with Gasteiger partial charge in [-0.2, -0.15) is 5.26 Å². The number of anilines is 1. The molecule has 0 heterocycles. The Morgan fingerprint density at radius 2 is 2.26 bits per heavy atom. The molecule has 0 aromatic heterocycles. The summed E-state index contributed by atoms with van der Waals surface area (Å²) >= 11 is 0. The fraction of sp³-hybridized carbons (Fsp3) is 0.286. The number of nitrogens with one attached hydrogen (secondary N) is 2. The van der Waals surface area contributed by atoms with Crippen LogP contribution in [0.4, 0.5) is 11.4 Å². The van der Waals surface area contributed by atoms with Crippen LogP contribution in [0.2, 0.25) is 0 Å². The van der Waals surface area contributed by atoms with Crippen LogP contribution >= 0.6 is 0 Å². The van der Waals surface area contributed by atoms with Crippen LogP contribution in [0.5, 0.6) is 0 Å². The highest BCUT2D eigenvalue weighted by Crippen LogP contribution is 2.17. The first-order valence-corrected chi connectivity index (χ1v) is 6.66. The molecule has 0 atom stereocenters. The van der Waals surface area contributed by atoms with E-state index in [0.717, 1.165) is 0 Å². The molecule has 0 saturated carbocycles. The van der Waals surface area contributed by atoms with Crippen molar-refractivity contribution in [1.29, 1.82) is 5.26 Å². The third kappa shape index (κ3) is 6.56. The average Bonchev–Trinajstić information content (AvgIpc) is 2.54. The lowest BCUT2D eigenvalue weighted by Crippen LogP contribution is -2.19. The van der Waals surface area contributed by atoms with Crippen LogP contribution in [-0.2, 0) is 9.53 Å². The smallest absolute Gasteiger partial charge is 0.271 e. The van der Waals surface area contributed by atoms with Gasteiger partial charge < -0.3 is 20.5 Å². The maximum atomic E-state index is 11.9. The Kier molecular flexibility index (Phi) is 7.77. The van der Waals surface area contributed by atoms with E-state index in [1.807, 2.05) is 0 Å². The number of hydrogen-bond donors (Lipinski definition) is 3. The Hall–Kier alpha value is -2.96. The summed E-state index contributed by atoms with van der Waals surface area (Å²) in [5.74, 6) is -0.684. The number of aliphatic hydroxyl groups excluding tert-OH is 1. The summed E-state index contributed by atoms with van der Waals surface area (Å²) in [6.45, 7) is 0.798. The molecule has 9 heteroatoms. The SMILES string of the molecule is N#C/C(=C/NCCOCCO)C(=O)Nc1cccc([N+](=O)[O-])c1. The van der Waals surface area contributed by atoms with Crippen molar-refractivity contribution in [3.05, 3.63) is 46.2 Å². The van der Waals surface area contributed by atoms with Gasteiger partial charge in [0.1, 0.15) is 11.6 Å². The van der Waals surface area contributed by atoms with Gasteiger partial charge in [0.05, 0.1) is 24.7 Å². The Morgan fingerprint density at radius 3 is 2.91 bits per heavy atom. The van der Waals surface area contributed by atoms with Crippen molar-refractivity contribution in [2.24, 2.45) is 0 Å². The number of aliphatic hydroxyl groups is 1. The molecule has 9 nitrogen and oxygen atoms in total. The molecule has 1 rings (SSSR count). The van der Waals surface area contributed by atoms with Crippen molar-refractivity contribution in [1.82, 2.24) is 5.32 Å². The predicted octanol–water partition coefficient (Wildman–Crippen LogP) is 0.539. The molecule has 1 amide bonds. The van der Waals surface area contributed by atoms with Crippen molar-refractivity contribution < 1.29 is 19.6 Å². The third-order valence-electron chi connectivity index (χ3n) is 2.55. The number of nitro benzene ring substituents is 1. The van der Waals surface area contributed by atoms with Crippen LogP contribution < -0.4 is 10.6 Å². The van der Waals surface area contributed by atoms with Gasteiger partial charge in [0, 0.05) is 30.6 Å². The Bertz CT molecular complexity index is 624. The second-order valence-corrected chi connectivity index (χ2v) is 4.22. The van der Waals surface area contributed by atoms with Crippen LogP contribution in [0.25, 0.3) is 0 Å². The van der Waals surface area contributed by atoms with Crippen LogP contribution in [0.1, 0.15) is 0 Å². The molecule has 0 unspecified atom stereocenters. The van der Waals surface area contributed by atoms with Crippen molar-refractivity contribution in [3.8, 4) is 6.07 Å². The largest absolute Gasteiger partial charge is 0.394 e. The first-order chi connectivity index (χ1) is 11.1. The molecule has 0 bridgehead atoms. The minimum absolute atomic E-state index is 0.0785. The van der Waals surface area contributed by atoms with Gasteiger partial charge in [-0.1, -0.05) is 6.07 Å². The Labute approximate surface area is 132 Å². The van der Waals surface area contributed by atoms with Gasteiger partial charge >= 0.3 is 0 Å². The van der Waals surface area contributed by atoms with Crippen molar-refractivity contribution in [3.63, 3.8) is 0 Å². The van der Waals surface area contributed by atoms with E-state index in [2.05, 4.69) is 10.6 Å². The van der Waals surface area contributed by atoms with E-state index in [1.165, 1.54) is 30.5 Å². The second-order valence-electron chi connectivity index (χ2n) is 4.22. The standard InChI is InChI=1S/C14H16N4O5/c15-9-11(10-16-4-6-23-7-5-19)14(20)17-12-2-1-3-13(8-12)18(21)22/h1-3,8,10,16,19H,4-7H2,(H,17,20)/b11-10-. The summed E-state index contributed by atoms with van der Waals surface area (Å²) < 4.78 is 5.00. The summed E-state index contributed by atoms with van der Waals surface area (Å²) in [6, 6.07) is 7.14. The minimum atomic E-state index is -0.684. The topological polar surface area (TPSA) is 138 Å². The molecular weight excluding hydrogens is 304 g/mol.